The van der Waals surface area contributed by atoms with Crippen LogP contribution in [-0.4, -0.2) is 58.5 Å². The first kappa shape index (κ1) is 22.1. The quantitative estimate of drug-likeness (QED) is 0.538. The minimum absolute atomic E-state index is 0. The van der Waals surface area contributed by atoms with Crippen molar-refractivity contribution in [1.82, 2.24) is 0 Å². The minimum atomic E-state index is -1.28. The van der Waals surface area contributed by atoms with Gasteiger partial charge in [-0.05, 0) is 27.7 Å². The number of cyclic esters (lactones) is 2. The Morgan fingerprint density at radius 2 is 1.45 bits per heavy atom. The van der Waals surface area contributed by atoms with Crippen molar-refractivity contribution in [3.05, 3.63) is 0 Å². The topological polar surface area (TPSA) is 136 Å². The third-order valence-electron chi connectivity index (χ3n) is 2.23. The van der Waals surface area contributed by atoms with Crippen LogP contribution in [0.15, 0.2) is 0 Å². The van der Waals surface area contributed by atoms with E-state index in [4.69, 9.17) is 10.2 Å². The van der Waals surface area contributed by atoms with E-state index in [9.17, 15) is 19.2 Å². The second kappa shape index (κ2) is 9.72. The summed E-state index contributed by atoms with van der Waals surface area (Å²) in [5, 5.41) is 16.8. The Kier molecular flexibility index (Phi) is 9.77. The summed E-state index contributed by atoms with van der Waals surface area (Å²) >= 11 is 0. The van der Waals surface area contributed by atoms with Crippen molar-refractivity contribution in [2.45, 2.75) is 59.5 Å². The average molecular weight is 322 g/mol. The molecule has 1 aliphatic heterocycles. The molecule has 0 amide bonds. The van der Waals surface area contributed by atoms with Gasteiger partial charge in [0.2, 0.25) is 0 Å². The summed E-state index contributed by atoms with van der Waals surface area (Å²) in [5.74, 6) is -3.13. The lowest BCUT2D eigenvalue weighted by Gasteiger charge is -2.22. The van der Waals surface area contributed by atoms with Gasteiger partial charge in [-0.15, -0.1) is 0 Å². The average Bonchev–Trinajstić information content (AvgIpc) is 2.37. The second-order valence-electron chi connectivity index (χ2n) is 4.25. The molecule has 4 unspecified atom stereocenters. The van der Waals surface area contributed by atoms with Gasteiger partial charge in [-0.1, -0.05) is 7.43 Å². The summed E-state index contributed by atoms with van der Waals surface area (Å²) in [4.78, 5) is 41.9. The van der Waals surface area contributed by atoms with E-state index < -0.39 is 48.3 Å². The molecule has 1 aliphatic rings. The third-order valence-corrected chi connectivity index (χ3v) is 2.23. The van der Waals surface area contributed by atoms with Gasteiger partial charge in [-0.2, -0.15) is 0 Å². The smallest absolute Gasteiger partial charge is 0.347 e. The predicted octanol–water partition coefficient (Wildman–Crippen LogP) is -0.117. The van der Waals surface area contributed by atoms with Crippen LogP contribution in [0.2, 0.25) is 0 Å². The number of carboxylic acid groups (broad SMARTS) is 1. The number of carbonyl (C=O) groups is 4. The SMILES string of the molecule is C.CC(O)C(=O)OC(C)C(=O)O.CC1OC(=O)C(C)OC1=O. The van der Waals surface area contributed by atoms with Crippen molar-refractivity contribution in [2.75, 3.05) is 0 Å². The molecular weight excluding hydrogens is 300 g/mol. The monoisotopic (exact) mass is 322 g/mol. The Balaban J connectivity index is 0. The number of esters is 3. The Morgan fingerprint density at radius 1 is 1.09 bits per heavy atom. The van der Waals surface area contributed by atoms with Crippen LogP contribution in [0, 0.1) is 0 Å². The van der Waals surface area contributed by atoms with E-state index in [0.717, 1.165) is 0 Å². The van der Waals surface area contributed by atoms with Gasteiger partial charge in [-0.3, -0.25) is 0 Å². The molecule has 0 saturated carbocycles. The number of aliphatic hydroxyl groups is 1. The van der Waals surface area contributed by atoms with E-state index in [-0.39, 0.29) is 7.43 Å². The number of hydrogen-bond acceptors (Lipinski definition) is 8. The van der Waals surface area contributed by atoms with Crippen LogP contribution >= 0.6 is 0 Å². The van der Waals surface area contributed by atoms with Gasteiger partial charge in [0.25, 0.3) is 0 Å². The van der Waals surface area contributed by atoms with Crippen LogP contribution in [0.3, 0.4) is 0 Å². The largest absolute Gasteiger partial charge is 0.479 e. The lowest BCUT2D eigenvalue weighted by Crippen LogP contribution is -2.40. The maximum atomic E-state index is 10.7. The van der Waals surface area contributed by atoms with Crippen molar-refractivity contribution in [3.63, 3.8) is 0 Å². The molecule has 9 nitrogen and oxygen atoms in total. The van der Waals surface area contributed by atoms with Crippen molar-refractivity contribution < 1.29 is 43.6 Å². The number of aliphatic hydroxyl groups excluding tert-OH is 1. The predicted molar refractivity (Wildman–Crippen MR) is 72.7 cm³/mol. The molecule has 0 spiro atoms. The summed E-state index contributed by atoms with van der Waals surface area (Å²) in [6.07, 6.45) is -3.98. The maximum Gasteiger partial charge on any atom is 0.347 e. The normalized spacial score (nSPS) is 22.6. The van der Waals surface area contributed by atoms with Crippen LogP contribution < -0.4 is 0 Å². The molecule has 128 valence electrons. The van der Waals surface area contributed by atoms with Gasteiger partial charge >= 0.3 is 23.9 Å². The fourth-order valence-corrected chi connectivity index (χ4v) is 0.959. The molecular formula is C13H22O9. The molecule has 4 atom stereocenters. The number of aliphatic carboxylic acids is 1. The molecule has 0 aromatic carbocycles. The Hall–Kier alpha value is -2.16. The van der Waals surface area contributed by atoms with E-state index in [1.807, 2.05) is 0 Å². The van der Waals surface area contributed by atoms with Crippen molar-refractivity contribution >= 4 is 23.9 Å². The van der Waals surface area contributed by atoms with Crippen molar-refractivity contribution in [3.8, 4) is 0 Å². The van der Waals surface area contributed by atoms with Crippen LogP contribution in [0.5, 0.6) is 0 Å². The molecule has 9 heteroatoms. The number of carbonyl (C=O) groups excluding carboxylic acids is 3. The first-order valence-electron chi connectivity index (χ1n) is 6.08. The molecule has 1 rings (SSSR count). The van der Waals surface area contributed by atoms with E-state index in [0.29, 0.717) is 0 Å². The highest BCUT2D eigenvalue weighted by Gasteiger charge is 2.32. The molecule has 1 fully saturated rings. The molecule has 0 radical (unpaired) electrons. The van der Waals surface area contributed by atoms with Gasteiger partial charge in [0.05, 0.1) is 0 Å². The Bertz CT molecular complexity index is 396. The number of hydrogen-bond donors (Lipinski definition) is 2. The molecule has 1 heterocycles. The third kappa shape index (κ3) is 7.58. The Morgan fingerprint density at radius 3 is 1.73 bits per heavy atom. The lowest BCUT2D eigenvalue weighted by atomic mass is 10.3. The summed E-state index contributed by atoms with van der Waals surface area (Å²) in [6.45, 7) is 5.37. The van der Waals surface area contributed by atoms with Crippen LogP contribution in [0.1, 0.15) is 35.1 Å². The fourth-order valence-electron chi connectivity index (χ4n) is 0.959. The zero-order valence-corrected chi connectivity index (χ0v) is 12.1. The van der Waals surface area contributed by atoms with Crippen LogP contribution in [0.25, 0.3) is 0 Å². The number of ether oxygens (including phenoxy) is 3. The maximum absolute atomic E-state index is 10.7. The minimum Gasteiger partial charge on any atom is -0.479 e. The summed E-state index contributed by atoms with van der Waals surface area (Å²) < 4.78 is 13.5. The van der Waals surface area contributed by atoms with E-state index >= 15 is 0 Å². The fraction of sp³-hybridized carbons (Fsp3) is 0.692. The second-order valence-corrected chi connectivity index (χ2v) is 4.25. The summed E-state index contributed by atoms with van der Waals surface area (Å²) in [5.41, 5.74) is 0. The number of rotatable bonds is 3. The molecule has 2 N–H and O–H groups in total. The summed E-state index contributed by atoms with van der Waals surface area (Å²) in [6, 6.07) is 0. The lowest BCUT2D eigenvalue weighted by molar-refractivity contribution is -0.191. The van der Waals surface area contributed by atoms with E-state index in [2.05, 4.69) is 14.2 Å². The standard InChI is InChI=1S/C6H10O5.C6H8O4.CH4/c1-3(7)6(10)11-4(2)5(8)9;1-3-5(7)10-4(2)6(8)9-3;/h3-4,7H,1-2H3,(H,8,9);3-4H,1-2H3;1H4. The van der Waals surface area contributed by atoms with Crippen LogP contribution in [-0.2, 0) is 33.4 Å². The first-order chi connectivity index (χ1) is 9.56. The zero-order chi connectivity index (χ0) is 16.7. The highest BCUT2D eigenvalue weighted by Crippen LogP contribution is 2.08. The van der Waals surface area contributed by atoms with Crippen LogP contribution in [0.4, 0.5) is 0 Å². The molecule has 0 aromatic rings. The molecule has 22 heavy (non-hydrogen) atoms. The van der Waals surface area contributed by atoms with Gasteiger partial charge in [0.1, 0.15) is 6.10 Å². The molecule has 0 aromatic heterocycles. The molecule has 0 aliphatic carbocycles. The highest BCUT2D eigenvalue weighted by atomic mass is 16.6. The first-order valence-corrected chi connectivity index (χ1v) is 6.08. The highest BCUT2D eigenvalue weighted by molar-refractivity contribution is 5.86. The molecule has 0 bridgehead atoms. The van der Waals surface area contributed by atoms with Gasteiger partial charge in [0.15, 0.2) is 18.3 Å². The molecule has 1 saturated heterocycles. The van der Waals surface area contributed by atoms with E-state index in [1.54, 1.807) is 0 Å². The van der Waals surface area contributed by atoms with E-state index in [1.165, 1.54) is 27.7 Å². The van der Waals surface area contributed by atoms with Gasteiger partial charge < -0.3 is 24.4 Å². The number of carboxylic acids is 1. The Labute approximate surface area is 128 Å². The van der Waals surface area contributed by atoms with Gasteiger partial charge in [-0.25, -0.2) is 19.2 Å². The zero-order valence-electron chi connectivity index (χ0n) is 12.1. The summed E-state index contributed by atoms with van der Waals surface area (Å²) in [7, 11) is 0. The van der Waals surface area contributed by atoms with Gasteiger partial charge in [0, 0.05) is 0 Å². The van der Waals surface area contributed by atoms with Crippen molar-refractivity contribution in [1.29, 1.82) is 0 Å². The van der Waals surface area contributed by atoms with Crippen molar-refractivity contribution in [2.24, 2.45) is 0 Å².